The smallest absolute Gasteiger partial charge is 0.344 e. The molecule has 1 saturated heterocycles. The molecule has 2 aromatic carbocycles. The lowest BCUT2D eigenvalue weighted by Crippen LogP contribution is -2.35. The topological polar surface area (TPSA) is 84.9 Å². The van der Waals surface area contributed by atoms with Gasteiger partial charge in [0.15, 0.2) is 6.61 Å². The molecule has 0 atom stereocenters. The predicted octanol–water partition coefficient (Wildman–Crippen LogP) is 2.09. The van der Waals surface area contributed by atoms with Crippen molar-refractivity contribution >= 4 is 29.5 Å². The summed E-state index contributed by atoms with van der Waals surface area (Å²) in [6, 6.07) is 15.6. The summed E-state index contributed by atoms with van der Waals surface area (Å²) >= 11 is 0. The molecule has 1 N–H and O–H groups in total. The van der Waals surface area contributed by atoms with Crippen LogP contribution in [0.25, 0.3) is 6.08 Å². The molecule has 27 heavy (non-hydrogen) atoms. The Morgan fingerprint density at radius 1 is 1.07 bits per heavy atom. The highest BCUT2D eigenvalue weighted by atomic mass is 16.6. The molecule has 7 nitrogen and oxygen atoms in total. The fourth-order valence-electron chi connectivity index (χ4n) is 2.54. The Kier molecular flexibility index (Phi) is 5.51. The summed E-state index contributed by atoms with van der Waals surface area (Å²) in [6.07, 6.45) is 1.45. The van der Waals surface area contributed by atoms with Crippen LogP contribution in [0.15, 0.2) is 60.2 Å². The van der Waals surface area contributed by atoms with Gasteiger partial charge < -0.3 is 9.47 Å². The first kappa shape index (κ1) is 18.2. The highest BCUT2D eigenvalue weighted by molar-refractivity contribution is 6.31. The zero-order chi connectivity index (χ0) is 19.2. The summed E-state index contributed by atoms with van der Waals surface area (Å²) in [6.45, 7) is 1.71. The van der Waals surface area contributed by atoms with Crippen molar-refractivity contribution in [1.82, 2.24) is 5.43 Å². The van der Waals surface area contributed by atoms with E-state index in [-0.39, 0.29) is 18.8 Å². The lowest BCUT2D eigenvalue weighted by Gasteiger charge is -2.14. The van der Waals surface area contributed by atoms with Crippen molar-refractivity contribution in [2.45, 2.75) is 6.92 Å². The molecule has 1 aliphatic rings. The quantitative estimate of drug-likeness (QED) is 0.481. The minimum absolute atomic E-state index is 0.0222. The molecule has 0 bridgehead atoms. The Bertz CT molecular complexity index is 892. The number of benzene rings is 2. The van der Waals surface area contributed by atoms with E-state index in [2.05, 4.69) is 5.43 Å². The Balaban J connectivity index is 1.83. The summed E-state index contributed by atoms with van der Waals surface area (Å²) in [5, 5.41) is 1.19. The van der Waals surface area contributed by atoms with Crippen LogP contribution in [0.3, 0.4) is 0 Å². The zero-order valence-electron chi connectivity index (χ0n) is 14.7. The van der Waals surface area contributed by atoms with Crippen molar-refractivity contribution in [3.8, 4) is 5.75 Å². The first-order valence-corrected chi connectivity index (χ1v) is 8.39. The van der Waals surface area contributed by atoms with E-state index in [0.717, 1.165) is 0 Å². The second-order valence-electron chi connectivity index (χ2n) is 5.61. The lowest BCUT2D eigenvalue weighted by molar-refractivity contribution is -0.145. The average molecular weight is 366 g/mol. The maximum Gasteiger partial charge on any atom is 0.344 e. The van der Waals surface area contributed by atoms with Gasteiger partial charge in [0.05, 0.1) is 12.3 Å². The Morgan fingerprint density at radius 3 is 2.52 bits per heavy atom. The lowest BCUT2D eigenvalue weighted by atomic mass is 10.1. The van der Waals surface area contributed by atoms with Crippen molar-refractivity contribution < 1.29 is 23.9 Å². The maximum absolute atomic E-state index is 12.6. The summed E-state index contributed by atoms with van der Waals surface area (Å²) in [5.41, 5.74) is 3.59. The summed E-state index contributed by atoms with van der Waals surface area (Å²) in [4.78, 5) is 36.4. The number of anilines is 1. The largest absolute Gasteiger partial charge is 0.481 e. The number of carbonyl (C=O) groups is 3. The number of hydrazine groups is 1. The third kappa shape index (κ3) is 4.14. The van der Waals surface area contributed by atoms with Crippen LogP contribution in [0.5, 0.6) is 5.75 Å². The van der Waals surface area contributed by atoms with Gasteiger partial charge >= 0.3 is 5.97 Å². The van der Waals surface area contributed by atoms with Gasteiger partial charge in [-0.1, -0.05) is 36.4 Å². The van der Waals surface area contributed by atoms with Crippen LogP contribution in [0.2, 0.25) is 0 Å². The Labute approximate surface area is 156 Å². The van der Waals surface area contributed by atoms with E-state index in [1.807, 2.05) is 6.07 Å². The summed E-state index contributed by atoms with van der Waals surface area (Å²) < 4.78 is 10.3. The Morgan fingerprint density at radius 2 is 1.78 bits per heavy atom. The normalized spacial score (nSPS) is 15.0. The van der Waals surface area contributed by atoms with Crippen LogP contribution in [-0.4, -0.2) is 31.0 Å². The van der Waals surface area contributed by atoms with E-state index in [1.165, 1.54) is 11.1 Å². The van der Waals surface area contributed by atoms with Gasteiger partial charge in [0, 0.05) is 5.56 Å². The van der Waals surface area contributed by atoms with Gasteiger partial charge in [0.25, 0.3) is 11.8 Å². The van der Waals surface area contributed by atoms with E-state index in [1.54, 1.807) is 55.5 Å². The van der Waals surface area contributed by atoms with Gasteiger partial charge in [0.2, 0.25) is 0 Å². The molecule has 7 heteroatoms. The monoisotopic (exact) mass is 366 g/mol. The highest BCUT2D eigenvalue weighted by Crippen LogP contribution is 2.25. The van der Waals surface area contributed by atoms with E-state index in [9.17, 15) is 14.4 Å². The van der Waals surface area contributed by atoms with E-state index in [0.29, 0.717) is 17.0 Å². The van der Waals surface area contributed by atoms with Crippen molar-refractivity contribution in [3.63, 3.8) is 0 Å². The fraction of sp³-hybridized carbons (Fsp3) is 0.150. The molecule has 0 radical (unpaired) electrons. The second-order valence-corrected chi connectivity index (χ2v) is 5.61. The second kappa shape index (κ2) is 8.18. The highest BCUT2D eigenvalue weighted by Gasteiger charge is 2.34. The van der Waals surface area contributed by atoms with Gasteiger partial charge in [-0.3, -0.25) is 15.0 Å². The van der Waals surface area contributed by atoms with Crippen molar-refractivity contribution in [1.29, 1.82) is 0 Å². The number of nitrogens with zero attached hydrogens (tertiary/aromatic N) is 1. The van der Waals surface area contributed by atoms with Crippen LogP contribution < -0.4 is 15.2 Å². The fourth-order valence-corrected chi connectivity index (χ4v) is 2.54. The zero-order valence-corrected chi connectivity index (χ0v) is 14.7. The molecule has 0 aliphatic carbocycles. The number of rotatable bonds is 6. The minimum Gasteiger partial charge on any atom is -0.481 e. The molecule has 2 amide bonds. The van der Waals surface area contributed by atoms with Gasteiger partial charge in [-0.05, 0) is 31.2 Å². The number of esters is 1. The third-order valence-electron chi connectivity index (χ3n) is 3.78. The standard InChI is InChI=1S/C20H18N2O5/c1-2-26-18(23)13-27-17-11-7-6-8-14(17)12-16-19(24)21-22(20(16)25)15-9-4-3-5-10-15/h3-12H,2,13H2,1H3,(H,21,24). The summed E-state index contributed by atoms with van der Waals surface area (Å²) in [5.74, 6) is -1.10. The molecule has 0 saturated carbocycles. The number of hydrogen-bond donors (Lipinski definition) is 1. The molecular weight excluding hydrogens is 348 g/mol. The number of para-hydroxylation sites is 2. The van der Waals surface area contributed by atoms with Gasteiger partial charge in [-0.15, -0.1) is 0 Å². The van der Waals surface area contributed by atoms with Gasteiger partial charge in [0.1, 0.15) is 11.3 Å². The number of ether oxygens (including phenoxy) is 2. The van der Waals surface area contributed by atoms with E-state index in [4.69, 9.17) is 9.47 Å². The van der Waals surface area contributed by atoms with Crippen LogP contribution in [-0.2, 0) is 19.1 Å². The first-order valence-electron chi connectivity index (χ1n) is 8.39. The number of nitrogens with one attached hydrogen (secondary N) is 1. The van der Waals surface area contributed by atoms with Gasteiger partial charge in [-0.2, -0.15) is 0 Å². The van der Waals surface area contributed by atoms with Crippen LogP contribution in [0.4, 0.5) is 5.69 Å². The molecule has 0 spiro atoms. The molecule has 0 aromatic heterocycles. The number of carbonyl (C=O) groups excluding carboxylic acids is 3. The SMILES string of the molecule is CCOC(=O)COc1ccccc1C=C1C(=O)NN(c2ccccc2)C1=O. The molecule has 1 aliphatic heterocycles. The summed E-state index contributed by atoms with van der Waals surface area (Å²) in [7, 11) is 0. The van der Waals surface area contributed by atoms with Crippen LogP contribution in [0.1, 0.15) is 12.5 Å². The predicted molar refractivity (Wildman–Crippen MR) is 98.6 cm³/mol. The van der Waals surface area contributed by atoms with E-state index >= 15 is 0 Å². The third-order valence-corrected chi connectivity index (χ3v) is 3.78. The van der Waals surface area contributed by atoms with Crippen LogP contribution >= 0.6 is 0 Å². The molecule has 0 unspecified atom stereocenters. The van der Waals surface area contributed by atoms with E-state index < -0.39 is 17.8 Å². The van der Waals surface area contributed by atoms with Crippen LogP contribution in [0, 0.1) is 0 Å². The molecular formula is C20H18N2O5. The maximum atomic E-state index is 12.6. The van der Waals surface area contributed by atoms with Crippen molar-refractivity contribution in [2.75, 3.05) is 18.2 Å². The van der Waals surface area contributed by atoms with Crippen molar-refractivity contribution in [3.05, 3.63) is 65.7 Å². The van der Waals surface area contributed by atoms with Gasteiger partial charge in [-0.25, -0.2) is 9.80 Å². The minimum atomic E-state index is -0.510. The molecule has 1 heterocycles. The number of amides is 2. The number of hydrogen-bond acceptors (Lipinski definition) is 5. The molecule has 2 aromatic rings. The van der Waals surface area contributed by atoms with Crippen molar-refractivity contribution in [2.24, 2.45) is 0 Å². The first-order chi connectivity index (χ1) is 13.1. The Hall–Kier alpha value is -3.61. The molecule has 138 valence electrons. The average Bonchev–Trinajstić information content (AvgIpc) is 2.96. The molecule has 1 fully saturated rings. The molecule has 3 rings (SSSR count).